The highest BCUT2D eigenvalue weighted by molar-refractivity contribution is 9.10. The van der Waals surface area contributed by atoms with Crippen LogP contribution >= 0.6 is 27.3 Å². The molecule has 38 heavy (non-hydrogen) atoms. The third-order valence-electron chi connectivity index (χ3n) is 6.31. The van der Waals surface area contributed by atoms with Crippen LogP contribution < -0.4 is 19.1 Å². The predicted molar refractivity (Wildman–Crippen MR) is 147 cm³/mol. The number of ketones is 1. The molecule has 10 heteroatoms. The van der Waals surface area contributed by atoms with Crippen molar-refractivity contribution >= 4 is 60.1 Å². The first-order valence-corrected chi connectivity index (χ1v) is 13.6. The van der Waals surface area contributed by atoms with Crippen LogP contribution in [0.4, 0.5) is 5.13 Å². The number of hydrogen-bond donors (Lipinski definition) is 1. The number of thiazole rings is 1. The Morgan fingerprint density at radius 3 is 2.61 bits per heavy atom. The Kier molecular flexibility index (Phi) is 6.29. The first-order chi connectivity index (χ1) is 18.4. The number of carbonyl (C=O) groups is 2. The quantitative estimate of drug-likeness (QED) is 0.176. The number of aliphatic hydroxyl groups excluding tert-OH is 1. The Labute approximate surface area is 230 Å². The average molecular weight is 593 g/mol. The van der Waals surface area contributed by atoms with E-state index in [9.17, 15) is 14.7 Å². The Bertz CT molecular complexity index is 1610. The number of aliphatic hydroxyl groups is 1. The minimum Gasteiger partial charge on any atom is -0.507 e. The van der Waals surface area contributed by atoms with E-state index in [2.05, 4.69) is 20.9 Å². The van der Waals surface area contributed by atoms with E-state index in [-0.39, 0.29) is 11.3 Å². The minimum atomic E-state index is -0.886. The maximum atomic E-state index is 13.5. The van der Waals surface area contributed by atoms with Crippen molar-refractivity contribution in [2.24, 2.45) is 0 Å². The second-order valence-electron chi connectivity index (χ2n) is 8.64. The zero-order valence-electron chi connectivity index (χ0n) is 20.1. The predicted octanol–water partition coefficient (Wildman–Crippen LogP) is 5.86. The second-order valence-corrected chi connectivity index (χ2v) is 10.6. The SMILES string of the molecule is CCOc1ccc2nc(N3C(=O)C(=O)/C(=C(/O)c4ccc5c(c4)OCCO5)[C@H]3c3ccc(Br)cc3)sc2c1. The van der Waals surface area contributed by atoms with Gasteiger partial charge in [-0.25, -0.2) is 4.98 Å². The molecule has 3 heterocycles. The van der Waals surface area contributed by atoms with Gasteiger partial charge in [-0.2, -0.15) is 0 Å². The topological polar surface area (TPSA) is 98.2 Å². The molecular weight excluding hydrogens is 572 g/mol. The molecular formula is C28H21BrN2O6S. The van der Waals surface area contributed by atoms with Gasteiger partial charge < -0.3 is 19.3 Å². The molecule has 6 rings (SSSR count). The molecule has 0 bridgehead atoms. The number of Topliss-reactive ketones (excluding diaryl/α,β-unsaturated/α-hetero) is 1. The summed E-state index contributed by atoms with van der Waals surface area (Å²) < 4.78 is 18.5. The van der Waals surface area contributed by atoms with E-state index in [1.165, 1.54) is 16.2 Å². The number of halogens is 1. The van der Waals surface area contributed by atoms with Gasteiger partial charge in [0.05, 0.1) is 28.4 Å². The van der Waals surface area contributed by atoms with Gasteiger partial charge in [-0.15, -0.1) is 0 Å². The van der Waals surface area contributed by atoms with E-state index in [1.807, 2.05) is 49.4 Å². The molecule has 0 radical (unpaired) electrons. The van der Waals surface area contributed by atoms with E-state index in [0.717, 1.165) is 9.17 Å². The molecule has 0 saturated carbocycles. The summed E-state index contributed by atoms with van der Waals surface area (Å²) in [7, 11) is 0. The molecule has 0 unspecified atom stereocenters. The lowest BCUT2D eigenvalue weighted by Gasteiger charge is -2.23. The number of aromatic nitrogens is 1. The molecule has 0 aliphatic carbocycles. The summed E-state index contributed by atoms with van der Waals surface area (Å²) in [5, 5.41) is 11.8. The lowest BCUT2D eigenvalue weighted by atomic mass is 9.95. The van der Waals surface area contributed by atoms with Gasteiger partial charge in [0.2, 0.25) is 0 Å². The molecule has 1 atom stereocenters. The number of hydrogen-bond acceptors (Lipinski definition) is 8. The van der Waals surface area contributed by atoms with Gasteiger partial charge >= 0.3 is 5.91 Å². The van der Waals surface area contributed by atoms with Gasteiger partial charge in [0.15, 0.2) is 16.6 Å². The van der Waals surface area contributed by atoms with Crippen molar-refractivity contribution in [2.75, 3.05) is 24.7 Å². The van der Waals surface area contributed by atoms with Crippen molar-refractivity contribution in [1.82, 2.24) is 4.98 Å². The van der Waals surface area contributed by atoms with Crippen LogP contribution in [0.5, 0.6) is 17.2 Å². The van der Waals surface area contributed by atoms with Crippen molar-refractivity contribution in [3.8, 4) is 17.2 Å². The number of rotatable bonds is 5. The van der Waals surface area contributed by atoms with E-state index >= 15 is 0 Å². The highest BCUT2D eigenvalue weighted by Gasteiger charge is 2.48. The highest BCUT2D eigenvalue weighted by atomic mass is 79.9. The molecule has 8 nitrogen and oxygen atoms in total. The van der Waals surface area contributed by atoms with Crippen molar-refractivity contribution in [2.45, 2.75) is 13.0 Å². The van der Waals surface area contributed by atoms with Crippen LogP contribution in [0, 0.1) is 0 Å². The zero-order valence-corrected chi connectivity index (χ0v) is 22.5. The summed E-state index contributed by atoms with van der Waals surface area (Å²) in [6.07, 6.45) is 0. The van der Waals surface area contributed by atoms with Crippen LogP contribution in [-0.4, -0.2) is 41.6 Å². The van der Waals surface area contributed by atoms with E-state index in [0.29, 0.717) is 58.8 Å². The standard InChI is InChI=1S/C28H21BrN2O6S/c1-2-35-18-8-9-19-22(14-18)38-28(30-19)31-24(15-3-6-17(29)7-4-15)23(26(33)27(31)34)25(32)16-5-10-20-21(13-16)37-12-11-36-20/h3-10,13-14,24,32H,2,11-12H2,1H3/b25-23+/t24-/m1/s1. The molecule has 1 N–H and O–H groups in total. The van der Waals surface area contributed by atoms with Gasteiger partial charge in [-0.3, -0.25) is 14.5 Å². The molecule has 1 amide bonds. The van der Waals surface area contributed by atoms with Gasteiger partial charge in [0.1, 0.15) is 24.7 Å². The Morgan fingerprint density at radius 2 is 1.84 bits per heavy atom. The Hall–Kier alpha value is -3.89. The normalized spacial score (nSPS) is 18.3. The monoisotopic (exact) mass is 592 g/mol. The average Bonchev–Trinajstić information content (AvgIpc) is 3.46. The van der Waals surface area contributed by atoms with E-state index in [4.69, 9.17) is 14.2 Å². The Morgan fingerprint density at radius 1 is 1.08 bits per heavy atom. The van der Waals surface area contributed by atoms with Gasteiger partial charge in [0.25, 0.3) is 5.78 Å². The fraction of sp³-hybridized carbons (Fsp3) is 0.179. The molecule has 192 valence electrons. The molecule has 1 saturated heterocycles. The third-order valence-corrected chi connectivity index (χ3v) is 7.86. The van der Waals surface area contributed by atoms with Crippen molar-refractivity contribution in [3.05, 3.63) is 81.8 Å². The lowest BCUT2D eigenvalue weighted by molar-refractivity contribution is -0.132. The number of carbonyl (C=O) groups excluding carboxylic acids is 2. The minimum absolute atomic E-state index is 0.0248. The summed E-state index contributed by atoms with van der Waals surface area (Å²) in [6.45, 7) is 3.24. The van der Waals surface area contributed by atoms with E-state index in [1.54, 1.807) is 18.2 Å². The molecule has 3 aromatic carbocycles. The smallest absolute Gasteiger partial charge is 0.301 e. The van der Waals surface area contributed by atoms with Gasteiger partial charge in [-0.05, 0) is 61.0 Å². The van der Waals surface area contributed by atoms with Crippen LogP contribution in [0.15, 0.2) is 70.7 Å². The number of fused-ring (bicyclic) bond motifs is 2. The van der Waals surface area contributed by atoms with Gasteiger partial charge in [-0.1, -0.05) is 39.4 Å². The van der Waals surface area contributed by atoms with Crippen LogP contribution in [0.3, 0.4) is 0 Å². The molecule has 2 aliphatic heterocycles. The van der Waals surface area contributed by atoms with Crippen LogP contribution in [0.2, 0.25) is 0 Å². The molecule has 4 aromatic rings. The largest absolute Gasteiger partial charge is 0.507 e. The summed E-state index contributed by atoms with van der Waals surface area (Å²) in [5.41, 5.74) is 1.65. The fourth-order valence-electron chi connectivity index (χ4n) is 4.59. The second kappa shape index (κ2) is 9.77. The lowest BCUT2D eigenvalue weighted by Crippen LogP contribution is -2.29. The number of anilines is 1. The number of nitrogens with zero attached hydrogens (tertiary/aromatic N) is 2. The van der Waals surface area contributed by atoms with Gasteiger partial charge in [0, 0.05) is 10.0 Å². The van der Waals surface area contributed by atoms with Crippen molar-refractivity contribution in [1.29, 1.82) is 0 Å². The van der Waals surface area contributed by atoms with Crippen LogP contribution in [0.25, 0.3) is 16.0 Å². The summed E-state index contributed by atoms with van der Waals surface area (Å²) in [6, 6.07) is 16.8. The fourth-order valence-corrected chi connectivity index (χ4v) is 5.87. The number of ether oxygens (including phenoxy) is 3. The zero-order chi connectivity index (χ0) is 26.4. The van der Waals surface area contributed by atoms with Crippen LogP contribution in [-0.2, 0) is 9.59 Å². The third kappa shape index (κ3) is 4.19. The molecule has 0 spiro atoms. The number of amides is 1. The summed E-state index contributed by atoms with van der Waals surface area (Å²) >= 11 is 4.72. The summed E-state index contributed by atoms with van der Waals surface area (Å²) in [5.74, 6) is -0.138. The Balaban J connectivity index is 1.51. The van der Waals surface area contributed by atoms with Crippen molar-refractivity contribution in [3.63, 3.8) is 0 Å². The first kappa shape index (κ1) is 24.4. The maximum Gasteiger partial charge on any atom is 0.301 e. The first-order valence-electron chi connectivity index (χ1n) is 11.9. The van der Waals surface area contributed by atoms with Crippen molar-refractivity contribution < 1.29 is 28.9 Å². The number of benzene rings is 3. The molecule has 2 aliphatic rings. The van der Waals surface area contributed by atoms with Crippen LogP contribution in [0.1, 0.15) is 24.1 Å². The van der Waals surface area contributed by atoms with E-state index < -0.39 is 17.7 Å². The maximum absolute atomic E-state index is 13.5. The highest BCUT2D eigenvalue weighted by Crippen LogP contribution is 2.45. The summed E-state index contributed by atoms with van der Waals surface area (Å²) in [4.78, 5) is 33.0. The molecule has 1 fully saturated rings. The molecule has 1 aromatic heterocycles.